The SMILES string of the molecule is CON(C)C(=O)c1cccc2ccc(I)c(CO)c12. The van der Waals surface area contributed by atoms with E-state index in [4.69, 9.17) is 4.84 Å². The summed E-state index contributed by atoms with van der Waals surface area (Å²) in [5.74, 6) is -0.232. The Hall–Kier alpha value is -1.18. The fourth-order valence-corrected chi connectivity index (χ4v) is 2.63. The van der Waals surface area contributed by atoms with Crippen molar-refractivity contribution in [1.82, 2.24) is 5.06 Å². The molecule has 0 spiro atoms. The lowest BCUT2D eigenvalue weighted by molar-refractivity contribution is -0.0755. The number of hydroxylamine groups is 2. The molecule has 19 heavy (non-hydrogen) atoms. The summed E-state index contributed by atoms with van der Waals surface area (Å²) in [7, 11) is 3.01. The van der Waals surface area contributed by atoms with Gasteiger partial charge >= 0.3 is 0 Å². The molecule has 0 unspecified atom stereocenters. The molecule has 0 radical (unpaired) electrons. The normalized spacial score (nSPS) is 10.7. The van der Waals surface area contributed by atoms with Gasteiger partial charge in [-0.15, -0.1) is 0 Å². The van der Waals surface area contributed by atoms with Gasteiger partial charge in [-0.2, -0.15) is 0 Å². The van der Waals surface area contributed by atoms with Crippen LogP contribution in [0.15, 0.2) is 30.3 Å². The number of carbonyl (C=O) groups excluding carboxylic acids is 1. The van der Waals surface area contributed by atoms with Gasteiger partial charge < -0.3 is 5.11 Å². The molecule has 0 atom stereocenters. The van der Waals surface area contributed by atoms with E-state index in [1.807, 2.05) is 24.3 Å². The van der Waals surface area contributed by atoms with Gasteiger partial charge in [-0.25, -0.2) is 5.06 Å². The van der Waals surface area contributed by atoms with Gasteiger partial charge in [-0.3, -0.25) is 9.63 Å². The second-order valence-corrected chi connectivity index (χ2v) is 5.24. The van der Waals surface area contributed by atoms with E-state index in [0.29, 0.717) is 5.56 Å². The van der Waals surface area contributed by atoms with Crippen LogP contribution in [0.25, 0.3) is 10.8 Å². The highest BCUT2D eigenvalue weighted by molar-refractivity contribution is 14.1. The van der Waals surface area contributed by atoms with Crippen molar-refractivity contribution in [2.75, 3.05) is 14.2 Å². The molecule has 0 fully saturated rings. The molecule has 2 aromatic carbocycles. The van der Waals surface area contributed by atoms with Gasteiger partial charge in [0.25, 0.3) is 5.91 Å². The Morgan fingerprint density at radius 3 is 2.74 bits per heavy atom. The maximum atomic E-state index is 12.3. The standard InChI is InChI=1S/C14H14INO3/c1-16(19-2)14(18)10-5-3-4-9-6-7-12(15)11(8-17)13(9)10/h3-7,17H,8H2,1-2H3. The lowest BCUT2D eigenvalue weighted by atomic mass is 9.99. The molecule has 1 amide bonds. The predicted octanol–water partition coefficient (Wildman–Crippen LogP) is 2.57. The molecule has 0 saturated heterocycles. The maximum Gasteiger partial charge on any atom is 0.277 e. The summed E-state index contributed by atoms with van der Waals surface area (Å²) in [5, 5.41) is 12.4. The Morgan fingerprint density at radius 2 is 2.11 bits per heavy atom. The minimum atomic E-state index is -0.232. The van der Waals surface area contributed by atoms with Crippen LogP contribution in [-0.2, 0) is 11.4 Å². The van der Waals surface area contributed by atoms with E-state index < -0.39 is 0 Å². The van der Waals surface area contributed by atoms with E-state index in [2.05, 4.69) is 22.6 Å². The molecule has 2 rings (SSSR count). The first-order valence-electron chi connectivity index (χ1n) is 5.73. The summed E-state index contributed by atoms with van der Waals surface area (Å²) in [5.41, 5.74) is 1.30. The van der Waals surface area contributed by atoms with Crippen LogP contribution in [0.5, 0.6) is 0 Å². The van der Waals surface area contributed by atoms with Gasteiger partial charge in [0.05, 0.1) is 13.7 Å². The second kappa shape index (κ2) is 5.85. The zero-order valence-electron chi connectivity index (χ0n) is 10.7. The minimum Gasteiger partial charge on any atom is -0.392 e. The third-order valence-electron chi connectivity index (χ3n) is 3.04. The first-order chi connectivity index (χ1) is 9.10. The number of hydrogen-bond acceptors (Lipinski definition) is 3. The van der Waals surface area contributed by atoms with Gasteiger partial charge in [0, 0.05) is 21.6 Å². The van der Waals surface area contributed by atoms with Crippen LogP contribution >= 0.6 is 22.6 Å². The van der Waals surface area contributed by atoms with Gasteiger partial charge in [0.15, 0.2) is 0 Å². The number of aliphatic hydroxyl groups is 1. The number of aliphatic hydroxyl groups excluding tert-OH is 1. The van der Waals surface area contributed by atoms with E-state index >= 15 is 0 Å². The number of nitrogens with zero attached hydrogens (tertiary/aromatic N) is 1. The molecule has 1 N–H and O–H groups in total. The van der Waals surface area contributed by atoms with Gasteiger partial charge in [0.2, 0.25) is 0 Å². The zero-order chi connectivity index (χ0) is 14.0. The van der Waals surface area contributed by atoms with Crippen molar-refractivity contribution in [2.45, 2.75) is 6.61 Å². The Labute approximate surface area is 125 Å². The highest BCUT2D eigenvalue weighted by Crippen LogP contribution is 2.28. The summed E-state index contributed by atoms with van der Waals surface area (Å²) in [6.07, 6.45) is 0. The fraction of sp³-hybridized carbons (Fsp3) is 0.214. The quantitative estimate of drug-likeness (QED) is 0.667. The summed E-state index contributed by atoms with van der Waals surface area (Å²) in [4.78, 5) is 17.2. The molecule has 4 nitrogen and oxygen atoms in total. The molecular formula is C14H14INO3. The number of amides is 1. The summed E-state index contributed by atoms with van der Waals surface area (Å²) in [6, 6.07) is 9.37. The molecule has 0 aliphatic rings. The second-order valence-electron chi connectivity index (χ2n) is 4.07. The maximum absolute atomic E-state index is 12.3. The lowest BCUT2D eigenvalue weighted by Crippen LogP contribution is -2.25. The van der Waals surface area contributed by atoms with Crippen LogP contribution in [0.3, 0.4) is 0 Å². The molecule has 0 bridgehead atoms. The van der Waals surface area contributed by atoms with Crippen molar-refractivity contribution in [3.63, 3.8) is 0 Å². The van der Waals surface area contributed by atoms with Crippen molar-refractivity contribution in [1.29, 1.82) is 0 Å². The van der Waals surface area contributed by atoms with E-state index in [1.165, 1.54) is 12.2 Å². The summed E-state index contributed by atoms with van der Waals surface area (Å²) >= 11 is 2.16. The highest BCUT2D eigenvalue weighted by Gasteiger charge is 2.17. The largest absolute Gasteiger partial charge is 0.392 e. The van der Waals surface area contributed by atoms with Gasteiger partial charge in [-0.05, 0) is 45.7 Å². The Bertz CT molecular complexity index is 627. The Morgan fingerprint density at radius 1 is 1.37 bits per heavy atom. The number of carbonyl (C=O) groups is 1. The number of benzene rings is 2. The van der Waals surface area contributed by atoms with Crippen molar-refractivity contribution in [3.8, 4) is 0 Å². The molecular weight excluding hydrogens is 357 g/mol. The molecule has 0 aromatic heterocycles. The monoisotopic (exact) mass is 371 g/mol. The highest BCUT2D eigenvalue weighted by atomic mass is 127. The predicted molar refractivity (Wildman–Crippen MR) is 81.7 cm³/mol. The molecule has 0 saturated carbocycles. The number of fused-ring (bicyclic) bond motifs is 1. The van der Waals surface area contributed by atoms with E-state index in [1.54, 1.807) is 13.1 Å². The minimum absolute atomic E-state index is 0.101. The van der Waals surface area contributed by atoms with Crippen molar-refractivity contribution in [3.05, 3.63) is 45.0 Å². The third kappa shape index (κ3) is 2.58. The summed E-state index contributed by atoms with van der Waals surface area (Å²) in [6.45, 7) is -0.101. The van der Waals surface area contributed by atoms with E-state index in [-0.39, 0.29) is 12.5 Å². The first-order valence-corrected chi connectivity index (χ1v) is 6.81. The molecule has 5 heteroatoms. The molecule has 2 aromatic rings. The molecule has 0 aliphatic carbocycles. The van der Waals surface area contributed by atoms with Gasteiger partial charge in [-0.1, -0.05) is 18.2 Å². The molecule has 0 aliphatic heterocycles. The summed E-state index contributed by atoms with van der Waals surface area (Å²) < 4.78 is 0.938. The molecule has 100 valence electrons. The van der Waals surface area contributed by atoms with Crippen molar-refractivity contribution < 1.29 is 14.7 Å². The van der Waals surface area contributed by atoms with Crippen LogP contribution < -0.4 is 0 Å². The Kier molecular flexibility index (Phi) is 4.38. The van der Waals surface area contributed by atoms with Crippen LogP contribution in [0.1, 0.15) is 15.9 Å². The number of hydrogen-bond donors (Lipinski definition) is 1. The molecule has 0 heterocycles. The van der Waals surface area contributed by atoms with Crippen molar-refractivity contribution in [2.24, 2.45) is 0 Å². The van der Waals surface area contributed by atoms with Crippen LogP contribution in [0.4, 0.5) is 0 Å². The zero-order valence-corrected chi connectivity index (χ0v) is 12.8. The first kappa shape index (κ1) is 14.2. The van der Waals surface area contributed by atoms with Crippen molar-refractivity contribution >= 4 is 39.3 Å². The number of rotatable bonds is 3. The fourth-order valence-electron chi connectivity index (χ4n) is 2.01. The van der Waals surface area contributed by atoms with Crippen LogP contribution in [-0.4, -0.2) is 30.2 Å². The lowest BCUT2D eigenvalue weighted by Gasteiger charge is -2.17. The van der Waals surface area contributed by atoms with E-state index in [0.717, 1.165) is 19.9 Å². The van der Waals surface area contributed by atoms with Gasteiger partial charge in [0.1, 0.15) is 0 Å². The Balaban J connectivity index is 2.74. The van der Waals surface area contributed by atoms with E-state index in [9.17, 15) is 9.90 Å². The topological polar surface area (TPSA) is 49.8 Å². The average molecular weight is 371 g/mol. The third-order valence-corrected chi connectivity index (χ3v) is 4.06. The van der Waals surface area contributed by atoms with Crippen LogP contribution in [0, 0.1) is 3.57 Å². The van der Waals surface area contributed by atoms with Crippen LogP contribution in [0.2, 0.25) is 0 Å². The number of halogens is 1. The smallest absolute Gasteiger partial charge is 0.277 e. The average Bonchev–Trinajstić information content (AvgIpc) is 2.45.